The minimum atomic E-state index is -0.801. The zero-order valence-corrected chi connectivity index (χ0v) is 43.0. The van der Waals surface area contributed by atoms with Crippen molar-refractivity contribution in [3.8, 4) is 0 Å². The average molecular weight is 909 g/mol. The Morgan fingerprint density at radius 2 is 0.615 bits per heavy atom. The number of carbonyl (C=O) groups excluding carboxylic acids is 3. The summed E-state index contributed by atoms with van der Waals surface area (Å²) >= 11 is 0. The van der Waals surface area contributed by atoms with E-state index in [1.807, 2.05) is 0 Å². The van der Waals surface area contributed by atoms with E-state index in [0.29, 0.717) is 19.3 Å². The molecule has 0 aromatic rings. The molecule has 0 heterocycles. The molecule has 0 radical (unpaired) electrons. The van der Waals surface area contributed by atoms with E-state index in [0.717, 1.165) is 83.5 Å². The summed E-state index contributed by atoms with van der Waals surface area (Å²) in [5, 5.41) is 0. The van der Waals surface area contributed by atoms with E-state index in [4.69, 9.17) is 14.2 Å². The lowest BCUT2D eigenvalue weighted by atomic mass is 10.1. The molecule has 0 aliphatic rings. The van der Waals surface area contributed by atoms with E-state index in [1.54, 1.807) is 0 Å². The minimum absolute atomic E-state index is 0.0969. The second-order valence-electron chi connectivity index (χ2n) is 18.5. The molecular formula is C59H104O6. The first-order valence-corrected chi connectivity index (χ1v) is 27.8. The first kappa shape index (κ1) is 62.1. The van der Waals surface area contributed by atoms with Crippen molar-refractivity contribution in [3.05, 3.63) is 60.8 Å². The fraction of sp³-hybridized carbons (Fsp3) is 0.780. The number of hydrogen-bond acceptors (Lipinski definition) is 6. The normalized spacial score (nSPS) is 12.5. The standard InChI is InChI=1S/C59H104O6/c1-4-7-10-13-16-19-22-24-26-28-30-32-34-37-40-43-46-49-52-58(61)64-55-56(54-63-57(60)51-48-45-42-39-36-21-18-15-12-9-6-3)65-59(62)53-50-47-44-41-38-35-33-31-29-27-25-23-20-17-14-11-8-5-2/h9,12,18,21,30-33,39,42,56H,4-8,10-11,13-17,19-20,22-29,34-38,40-41,43-55H2,1-3H3/b12-9-,21-18-,32-30-,33-31-,42-39-. The van der Waals surface area contributed by atoms with Crippen LogP contribution in [0.2, 0.25) is 0 Å². The van der Waals surface area contributed by atoms with Gasteiger partial charge in [-0.2, -0.15) is 0 Å². The molecule has 0 saturated heterocycles. The molecule has 6 heteroatoms. The lowest BCUT2D eigenvalue weighted by Gasteiger charge is -2.18. The van der Waals surface area contributed by atoms with Crippen molar-refractivity contribution >= 4 is 17.9 Å². The number of carbonyl (C=O) groups is 3. The minimum Gasteiger partial charge on any atom is -0.462 e. The molecule has 0 bridgehead atoms. The monoisotopic (exact) mass is 909 g/mol. The number of allylic oxidation sites excluding steroid dienone is 10. The van der Waals surface area contributed by atoms with Crippen molar-refractivity contribution in [1.82, 2.24) is 0 Å². The van der Waals surface area contributed by atoms with E-state index in [9.17, 15) is 14.4 Å². The maximum absolute atomic E-state index is 12.8. The zero-order valence-electron chi connectivity index (χ0n) is 43.0. The highest BCUT2D eigenvalue weighted by Crippen LogP contribution is 2.15. The molecule has 6 nitrogen and oxygen atoms in total. The predicted molar refractivity (Wildman–Crippen MR) is 279 cm³/mol. The SMILES string of the molecule is CC/C=C\C/C=C\C/C=C\CCCC(=O)OCC(COC(=O)CCCCCCC/C=C\CCCCCCCCCCC)OC(=O)CCCCCCC/C=C\CCCCCCCCCCC. The van der Waals surface area contributed by atoms with Gasteiger partial charge in [-0.1, -0.05) is 223 Å². The first-order valence-electron chi connectivity index (χ1n) is 27.8. The van der Waals surface area contributed by atoms with E-state index in [1.165, 1.54) is 148 Å². The van der Waals surface area contributed by atoms with Crippen molar-refractivity contribution in [2.24, 2.45) is 0 Å². The predicted octanol–water partition coefficient (Wildman–Crippen LogP) is 18.4. The van der Waals surface area contributed by atoms with Crippen molar-refractivity contribution < 1.29 is 28.6 Å². The van der Waals surface area contributed by atoms with E-state index in [2.05, 4.69) is 81.5 Å². The Labute approximate surface area is 402 Å². The molecule has 0 aromatic heterocycles. The zero-order chi connectivity index (χ0) is 47.2. The van der Waals surface area contributed by atoms with Crippen LogP contribution in [-0.2, 0) is 28.6 Å². The van der Waals surface area contributed by atoms with Gasteiger partial charge in [0.15, 0.2) is 6.10 Å². The fourth-order valence-corrected chi connectivity index (χ4v) is 7.81. The molecule has 0 saturated carbocycles. The Bertz CT molecular complexity index is 1180. The molecule has 0 fully saturated rings. The van der Waals surface area contributed by atoms with Crippen LogP contribution in [-0.4, -0.2) is 37.2 Å². The molecule has 0 spiro atoms. The topological polar surface area (TPSA) is 78.9 Å². The molecule has 0 amide bonds. The van der Waals surface area contributed by atoms with Gasteiger partial charge in [0.05, 0.1) is 0 Å². The third kappa shape index (κ3) is 51.9. The van der Waals surface area contributed by atoms with Gasteiger partial charge in [0, 0.05) is 19.3 Å². The average Bonchev–Trinajstić information content (AvgIpc) is 3.30. The number of hydrogen-bond donors (Lipinski definition) is 0. The molecule has 0 aliphatic heterocycles. The Balaban J connectivity index is 4.38. The summed E-state index contributed by atoms with van der Waals surface area (Å²) in [7, 11) is 0. The summed E-state index contributed by atoms with van der Waals surface area (Å²) in [5.41, 5.74) is 0. The molecule has 0 rings (SSSR count). The molecule has 0 N–H and O–H groups in total. The van der Waals surface area contributed by atoms with Crippen molar-refractivity contribution in [2.75, 3.05) is 13.2 Å². The highest BCUT2D eigenvalue weighted by atomic mass is 16.6. The molecule has 0 aliphatic carbocycles. The highest BCUT2D eigenvalue weighted by Gasteiger charge is 2.19. The maximum atomic E-state index is 12.8. The quantitative estimate of drug-likeness (QED) is 0.0262. The smallest absolute Gasteiger partial charge is 0.306 e. The third-order valence-corrected chi connectivity index (χ3v) is 12.0. The van der Waals surface area contributed by atoms with Crippen LogP contribution >= 0.6 is 0 Å². The van der Waals surface area contributed by atoms with Gasteiger partial charge in [-0.25, -0.2) is 0 Å². The van der Waals surface area contributed by atoms with Gasteiger partial charge < -0.3 is 14.2 Å². The third-order valence-electron chi connectivity index (χ3n) is 12.0. The van der Waals surface area contributed by atoms with Gasteiger partial charge in [0.25, 0.3) is 0 Å². The van der Waals surface area contributed by atoms with Gasteiger partial charge in [-0.15, -0.1) is 0 Å². The first-order chi connectivity index (χ1) is 32.0. The van der Waals surface area contributed by atoms with Gasteiger partial charge in [0.1, 0.15) is 13.2 Å². The summed E-state index contributed by atoms with van der Waals surface area (Å²) in [6, 6.07) is 0. The lowest BCUT2D eigenvalue weighted by Crippen LogP contribution is -2.30. The highest BCUT2D eigenvalue weighted by molar-refractivity contribution is 5.71. The summed E-state index contributed by atoms with van der Waals surface area (Å²) < 4.78 is 16.8. The van der Waals surface area contributed by atoms with Crippen LogP contribution < -0.4 is 0 Å². The van der Waals surface area contributed by atoms with Gasteiger partial charge in [0.2, 0.25) is 0 Å². The van der Waals surface area contributed by atoms with Crippen LogP contribution in [0.3, 0.4) is 0 Å². The van der Waals surface area contributed by atoms with Crippen molar-refractivity contribution in [1.29, 1.82) is 0 Å². The van der Waals surface area contributed by atoms with Crippen LogP contribution in [0.25, 0.3) is 0 Å². The Kier molecular flexibility index (Phi) is 51.3. The summed E-state index contributed by atoms with van der Waals surface area (Å²) in [5.74, 6) is -0.962. The van der Waals surface area contributed by atoms with Crippen LogP contribution in [0.5, 0.6) is 0 Å². The van der Waals surface area contributed by atoms with Crippen LogP contribution in [0.15, 0.2) is 60.8 Å². The van der Waals surface area contributed by atoms with Gasteiger partial charge >= 0.3 is 17.9 Å². The number of unbranched alkanes of at least 4 members (excludes halogenated alkanes) is 29. The van der Waals surface area contributed by atoms with E-state index < -0.39 is 6.10 Å². The molecule has 65 heavy (non-hydrogen) atoms. The molecule has 376 valence electrons. The maximum Gasteiger partial charge on any atom is 0.306 e. The molecule has 1 unspecified atom stereocenters. The van der Waals surface area contributed by atoms with Gasteiger partial charge in [-0.3, -0.25) is 14.4 Å². The summed E-state index contributed by atoms with van der Waals surface area (Å²) in [6.07, 6.45) is 66.5. The number of rotatable bonds is 50. The van der Waals surface area contributed by atoms with Crippen LogP contribution in [0.1, 0.15) is 278 Å². The number of ether oxygens (including phenoxy) is 3. The molecular weight excluding hydrogens is 805 g/mol. The van der Waals surface area contributed by atoms with Crippen LogP contribution in [0, 0.1) is 0 Å². The lowest BCUT2D eigenvalue weighted by molar-refractivity contribution is -0.167. The van der Waals surface area contributed by atoms with Gasteiger partial charge in [-0.05, 0) is 96.3 Å². The summed E-state index contributed by atoms with van der Waals surface area (Å²) in [4.78, 5) is 38.0. The number of esters is 3. The van der Waals surface area contributed by atoms with Crippen molar-refractivity contribution in [3.63, 3.8) is 0 Å². The fourth-order valence-electron chi connectivity index (χ4n) is 7.81. The Morgan fingerprint density at radius 3 is 1.02 bits per heavy atom. The van der Waals surface area contributed by atoms with E-state index in [-0.39, 0.29) is 37.5 Å². The van der Waals surface area contributed by atoms with E-state index >= 15 is 0 Å². The second-order valence-corrected chi connectivity index (χ2v) is 18.5. The summed E-state index contributed by atoms with van der Waals surface area (Å²) in [6.45, 7) is 6.48. The van der Waals surface area contributed by atoms with Crippen LogP contribution in [0.4, 0.5) is 0 Å². The molecule has 1 atom stereocenters. The molecule has 0 aromatic carbocycles. The second kappa shape index (κ2) is 53.7. The Morgan fingerprint density at radius 1 is 0.323 bits per heavy atom. The van der Waals surface area contributed by atoms with Crippen molar-refractivity contribution in [2.45, 2.75) is 284 Å². The Hall–Kier alpha value is -2.89. The largest absolute Gasteiger partial charge is 0.462 e.